The molecule has 0 radical (unpaired) electrons. The molecule has 0 saturated carbocycles. The van der Waals surface area contributed by atoms with Crippen molar-refractivity contribution < 1.29 is 49.0 Å². The maximum Gasteiger partial charge on any atom is 0.306 e. The van der Waals surface area contributed by atoms with Gasteiger partial charge in [0.2, 0.25) is 0 Å². The fourth-order valence-electron chi connectivity index (χ4n) is 6.69. The number of hydrogen-bond acceptors (Lipinski definition) is 10. The van der Waals surface area contributed by atoms with E-state index in [-0.39, 0.29) is 32.0 Å². The number of aliphatic hydroxyl groups is 4. The molecule has 0 aromatic carbocycles. The summed E-state index contributed by atoms with van der Waals surface area (Å²) >= 11 is 0. The van der Waals surface area contributed by atoms with E-state index in [9.17, 15) is 30.0 Å². The first-order chi connectivity index (χ1) is 26.8. The Morgan fingerprint density at radius 3 is 1.47 bits per heavy atom. The molecule has 0 aliphatic carbocycles. The van der Waals surface area contributed by atoms with E-state index in [2.05, 4.69) is 38.2 Å². The molecule has 10 nitrogen and oxygen atoms in total. The first kappa shape index (κ1) is 51.2. The number of hydrogen-bond donors (Lipinski definition) is 4. The largest absolute Gasteiger partial charge is 0.462 e. The van der Waals surface area contributed by atoms with Gasteiger partial charge in [-0.15, -0.1) is 0 Å². The topological polar surface area (TPSA) is 152 Å². The zero-order chi connectivity index (χ0) is 40.2. The monoisotopic (exact) mass is 783 g/mol. The van der Waals surface area contributed by atoms with E-state index >= 15 is 0 Å². The highest BCUT2D eigenvalue weighted by atomic mass is 16.7. The van der Waals surface area contributed by atoms with Gasteiger partial charge in [0.1, 0.15) is 31.0 Å². The van der Waals surface area contributed by atoms with Crippen LogP contribution in [0.3, 0.4) is 0 Å². The maximum absolute atomic E-state index is 12.8. The summed E-state index contributed by atoms with van der Waals surface area (Å²) in [6.07, 6.45) is 31.8. The summed E-state index contributed by atoms with van der Waals surface area (Å²) in [7, 11) is 0. The lowest BCUT2D eigenvalue weighted by Crippen LogP contribution is -2.59. The molecule has 2 unspecified atom stereocenters. The van der Waals surface area contributed by atoms with Gasteiger partial charge in [0.15, 0.2) is 12.4 Å². The van der Waals surface area contributed by atoms with Gasteiger partial charge in [-0.2, -0.15) is 0 Å². The maximum atomic E-state index is 12.8. The molecule has 322 valence electrons. The molecule has 1 aliphatic rings. The number of carbonyl (C=O) groups excluding carboxylic acids is 2. The van der Waals surface area contributed by atoms with Crippen LogP contribution in [0.15, 0.2) is 24.3 Å². The Morgan fingerprint density at radius 2 is 0.982 bits per heavy atom. The SMILES string of the molecule is CCCC/C=C/CCCCCCCCCCCC(=O)O[C@@H](COC(=O)CCCCCCCCC/C=C/CCCCCC)CO[C@H]1O[C@@H](CO)[C@@H](O)C(O)C1O. The van der Waals surface area contributed by atoms with Crippen molar-refractivity contribution in [2.24, 2.45) is 0 Å². The molecule has 1 aliphatic heterocycles. The van der Waals surface area contributed by atoms with Crippen molar-refractivity contribution in [2.45, 2.75) is 230 Å². The van der Waals surface area contributed by atoms with Crippen molar-refractivity contribution in [2.75, 3.05) is 19.8 Å². The Labute approximate surface area is 334 Å². The molecule has 1 rings (SSSR count). The molecule has 0 amide bonds. The van der Waals surface area contributed by atoms with E-state index in [0.717, 1.165) is 51.4 Å². The van der Waals surface area contributed by atoms with Crippen LogP contribution in [0.25, 0.3) is 0 Å². The molecule has 4 N–H and O–H groups in total. The van der Waals surface area contributed by atoms with Crippen LogP contribution in [-0.4, -0.2) is 89.0 Å². The third-order valence-corrected chi connectivity index (χ3v) is 10.3. The lowest BCUT2D eigenvalue weighted by atomic mass is 9.99. The predicted octanol–water partition coefficient (Wildman–Crippen LogP) is 9.33. The van der Waals surface area contributed by atoms with Gasteiger partial charge in [-0.1, -0.05) is 147 Å². The smallest absolute Gasteiger partial charge is 0.306 e. The van der Waals surface area contributed by atoms with Crippen molar-refractivity contribution >= 4 is 11.9 Å². The summed E-state index contributed by atoms with van der Waals surface area (Å²) < 4.78 is 22.1. The van der Waals surface area contributed by atoms with Gasteiger partial charge in [0.25, 0.3) is 0 Å². The molecule has 1 heterocycles. The highest BCUT2D eigenvalue weighted by Gasteiger charge is 2.44. The van der Waals surface area contributed by atoms with E-state index in [0.29, 0.717) is 6.42 Å². The predicted molar refractivity (Wildman–Crippen MR) is 219 cm³/mol. The summed E-state index contributed by atoms with van der Waals surface area (Å²) in [5.41, 5.74) is 0. The van der Waals surface area contributed by atoms with Gasteiger partial charge < -0.3 is 39.4 Å². The molecule has 1 saturated heterocycles. The summed E-state index contributed by atoms with van der Waals surface area (Å²) in [5.74, 6) is -0.810. The van der Waals surface area contributed by atoms with Crippen LogP contribution in [0, 0.1) is 0 Å². The third-order valence-electron chi connectivity index (χ3n) is 10.3. The Hall–Kier alpha value is -1.82. The second-order valence-corrected chi connectivity index (χ2v) is 15.5. The zero-order valence-electron chi connectivity index (χ0n) is 34.9. The van der Waals surface area contributed by atoms with E-state index < -0.39 is 49.4 Å². The third kappa shape index (κ3) is 28.3. The first-order valence-electron chi connectivity index (χ1n) is 22.4. The van der Waals surface area contributed by atoms with Crippen molar-refractivity contribution in [1.29, 1.82) is 0 Å². The van der Waals surface area contributed by atoms with Crippen LogP contribution in [0.1, 0.15) is 194 Å². The van der Waals surface area contributed by atoms with Gasteiger partial charge in [0.05, 0.1) is 13.2 Å². The molecule has 6 atom stereocenters. The Kier molecular flexibility index (Phi) is 34.0. The highest BCUT2D eigenvalue weighted by Crippen LogP contribution is 2.23. The number of unbranched alkanes of at least 4 members (excludes halogenated alkanes) is 22. The molecule has 0 aromatic heterocycles. The number of allylic oxidation sites excluding steroid dienone is 4. The minimum absolute atomic E-state index is 0.218. The minimum atomic E-state index is -1.59. The normalized spacial score (nSPS) is 20.7. The van der Waals surface area contributed by atoms with Crippen molar-refractivity contribution in [1.82, 2.24) is 0 Å². The van der Waals surface area contributed by atoms with Crippen molar-refractivity contribution in [3.63, 3.8) is 0 Å². The quantitative estimate of drug-likeness (QED) is 0.0273. The van der Waals surface area contributed by atoms with Crippen LogP contribution >= 0.6 is 0 Å². The standard InChI is InChI=1S/C45H82O10/c1-3-5-7-9-11-13-15-17-19-21-23-25-27-29-31-33-40(47)52-36-38(37-53-45-44(51)43(50)42(49)39(35-46)55-45)54-41(48)34-32-30-28-26-24-22-20-18-16-14-12-10-8-6-4-2/h10,12-13,15,38-39,42-46,49-51H,3-9,11,14,16-37H2,1-2H3/b12-10+,15-13+/t38-,39-,42+,43?,44?,45-/m0/s1. The number of aliphatic hydroxyl groups excluding tert-OH is 4. The Balaban J connectivity index is 2.33. The average molecular weight is 783 g/mol. The molecule has 10 heteroatoms. The number of carbonyl (C=O) groups is 2. The minimum Gasteiger partial charge on any atom is -0.462 e. The molecule has 0 spiro atoms. The molecule has 0 aromatic rings. The van der Waals surface area contributed by atoms with Gasteiger partial charge in [-0.25, -0.2) is 0 Å². The Morgan fingerprint density at radius 1 is 0.545 bits per heavy atom. The van der Waals surface area contributed by atoms with E-state index in [1.54, 1.807) is 0 Å². The lowest BCUT2D eigenvalue weighted by molar-refractivity contribution is -0.305. The summed E-state index contributed by atoms with van der Waals surface area (Å²) in [6, 6.07) is 0. The fourth-order valence-corrected chi connectivity index (χ4v) is 6.69. The van der Waals surface area contributed by atoms with E-state index in [1.165, 1.54) is 109 Å². The number of esters is 2. The fraction of sp³-hybridized carbons (Fsp3) is 0.867. The summed E-state index contributed by atoms with van der Waals surface area (Å²) in [4.78, 5) is 25.3. The lowest BCUT2D eigenvalue weighted by Gasteiger charge is -2.39. The molecule has 55 heavy (non-hydrogen) atoms. The first-order valence-corrected chi connectivity index (χ1v) is 22.4. The highest BCUT2D eigenvalue weighted by molar-refractivity contribution is 5.70. The second-order valence-electron chi connectivity index (χ2n) is 15.5. The van der Waals surface area contributed by atoms with Crippen LogP contribution < -0.4 is 0 Å². The van der Waals surface area contributed by atoms with Crippen LogP contribution in [0.4, 0.5) is 0 Å². The number of ether oxygens (including phenoxy) is 4. The van der Waals surface area contributed by atoms with Crippen molar-refractivity contribution in [3.8, 4) is 0 Å². The summed E-state index contributed by atoms with van der Waals surface area (Å²) in [6.45, 7) is 3.38. The van der Waals surface area contributed by atoms with E-state index in [1.807, 2.05) is 0 Å². The van der Waals surface area contributed by atoms with Crippen molar-refractivity contribution in [3.05, 3.63) is 24.3 Å². The molecular formula is C45H82O10. The van der Waals surface area contributed by atoms with Crippen LogP contribution in [0.5, 0.6) is 0 Å². The van der Waals surface area contributed by atoms with Gasteiger partial charge in [-0.05, 0) is 57.8 Å². The number of rotatable bonds is 37. The Bertz CT molecular complexity index is 954. The molecule has 0 bridgehead atoms. The summed E-state index contributed by atoms with van der Waals surface area (Å²) in [5, 5.41) is 40.0. The molecule has 1 fully saturated rings. The van der Waals surface area contributed by atoms with E-state index in [4.69, 9.17) is 18.9 Å². The van der Waals surface area contributed by atoms with Gasteiger partial charge >= 0.3 is 11.9 Å². The molecular weight excluding hydrogens is 700 g/mol. The van der Waals surface area contributed by atoms with Crippen LogP contribution in [-0.2, 0) is 28.5 Å². The second kappa shape index (κ2) is 36.5. The average Bonchev–Trinajstić information content (AvgIpc) is 3.18. The van der Waals surface area contributed by atoms with Gasteiger partial charge in [-0.3, -0.25) is 9.59 Å². The van der Waals surface area contributed by atoms with Crippen LogP contribution in [0.2, 0.25) is 0 Å². The van der Waals surface area contributed by atoms with Gasteiger partial charge in [0, 0.05) is 12.8 Å². The zero-order valence-corrected chi connectivity index (χ0v) is 34.9.